The molecule has 2 aromatic carbocycles. The summed E-state index contributed by atoms with van der Waals surface area (Å²) < 4.78 is 0. The highest BCUT2D eigenvalue weighted by molar-refractivity contribution is 6.01. The molecule has 126 valence electrons. The lowest BCUT2D eigenvalue weighted by Crippen LogP contribution is -2.26. The first-order valence-electron chi connectivity index (χ1n) is 8.16. The van der Waals surface area contributed by atoms with Gasteiger partial charge in [0.05, 0.1) is 11.6 Å². The zero-order valence-corrected chi connectivity index (χ0v) is 14.0. The SMILES string of the molecule is N#CC(=Cc1ccc(C#N)cc1)C(=O)NCCc1c[nH]c2ccccc12. The van der Waals surface area contributed by atoms with Crippen LogP contribution >= 0.6 is 0 Å². The average Bonchev–Trinajstić information content (AvgIpc) is 3.09. The molecular weight excluding hydrogens is 324 g/mol. The van der Waals surface area contributed by atoms with E-state index in [1.807, 2.05) is 42.6 Å². The van der Waals surface area contributed by atoms with Crippen LogP contribution in [0.3, 0.4) is 0 Å². The highest BCUT2D eigenvalue weighted by atomic mass is 16.1. The minimum absolute atomic E-state index is 0.0358. The van der Waals surface area contributed by atoms with Crippen LogP contribution in [-0.2, 0) is 11.2 Å². The number of hydrogen-bond acceptors (Lipinski definition) is 3. The number of rotatable bonds is 5. The van der Waals surface area contributed by atoms with Crippen LogP contribution in [0, 0.1) is 22.7 Å². The first-order valence-corrected chi connectivity index (χ1v) is 8.16. The fourth-order valence-corrected chi connectivity index (χ4v) is 2.71. The van der Waals surface area contributed by atoms with Crippen molar-refractivity contribution in [1.29, 1.82) is 10.5 Å². The van der Waals surface area contributed by atoms with Crippen molar-refractivity contribution >= 4 is 22.9 Å². The largest absolute Gasteiger partial charge is 0.361 e. The van der Waals surface area contributed by atoms with E-state index in [1.165, 1.54) is 6.08 Å². The lowest BCUT2D eigenvalue weighted by molar-refractivity contribution is -0.117. The van der Waals surface area contributed by atoms with E-state index in [1.54, 1.807) is 24.3 Å². The molecule has 1 amide bonds. The molecule has 0 unspecified atom stereocenters. The molecular formula is C21H16N4O. The number of carbonyl (C=O) groups excluding carboxylic acids is 1. The van der Waals surface area contributed by atoms with E-state index in [0.717, 1.165) is 16.5 Å². The van der Waals surface area contributed by atoms with Crippen molar-refractivity contribution in [3.63, 3.8) is 0 Å². The number of nitrogens with zero attached hydrogens (tertiary/aromatic N) is 2. The number of benzene rings is 2. The Labute approximate surface area is 151 Å². The van der Waals surface area contributed by atoms with Crippen LogP contribution in [0.5, 0.6) is 0 Å². The lowest BCUT2D eigenvalue weighted by atomic mass is 10.1. The molecule has 3 rings (SSSR count). The molecule has 0 aliphatic carbocycles. The number of aromatic amines is 1. The summed E-state index contributed by atoms with van der Waals surface area (Å²) in [6.45, 7) is 0.438. The number of H-pyrrole nitrogens is 1. The predicted molar refractivity (Wildman–Crippen MR) is 99.8 cm³/mol. The molecule has 5 heteroatoms. The Morgan fingerprint density at radius 1 is 1.12 bits per heavy atom. The predicted octanol–water partition coefficient (Wildman–Crippen LogP) is 3.31. The maximum Gasteiger partial charge on any atom is 0.261 e. The third-order valence-electron chi connectivity index (χ3n) is 4.07. The molecule has 26 heavy (non-hydrogen) atoms. The number of hydrogen-bond donors (Lipinski definition) is 2. The minimum Gasteiger partial charge on any atom is -0.361 e. The fraction of sp³-hybridized carbons (Fsp3) is 0.0952. The molecule has 0 atom stereocenters. The molecule has 0 aliphatic rings. The van der Waals surface area contributed by atoms with Gasteiger partial charge in [0.25, 0.3) is 5.91 Å². The molecule has 0 radical (unpaired) electrons. The topological polar surface area (TPSA) is 92.5 Å². The van der Waals surface area contributed by atoms with Crippen molar-refractivity contribution in [1.82, 2.24) is 10.3 Å². The van der Waals surface area contributed by atoms with Crippen molar-refractivity contribution in [2.75, 3.05) is 6.54 Å². The summed E-state index contributed by atoms with van der Waals surface area (Å²) in [7, 11) is 0. The second-order valence-corrected chi connectivity index (χ2v) is 5.77. The Morgan fingerprint density at radius 3 is 2.62 bits per heavy atom. The van der Waals surface area contributed by atoms with Gasteiger partial charge in [-0.2, -0.15) is 10.5 Å². The standard InChI is InChI=1S/C21H16N4O/c22-12-16-7-5-15(6-8-16)11-18(13-23)21(26)24-10-9-17-14-25-20-4-2-1-3-19(17)20/h1-8,11,14,25H,9-10H2,(H,24,26). The Hall–Kier alpha value is -3.83. The minimum atomic E-state index is -0.406. The van der Waals surface area contributed by atoms with Crippen molar-refractivity contribution in [3.8, 4) is 12.1 Å². The van der Waals surface area contributed by atoms with Gasteiger partial charge in [-0.1, -0.05) is 30.3 Å². The van der Waals surface area contributed by atoms with Gasteiger partial charge in [0.15, 0.2) is 0 Å². The zero-order valence-electron chi connectivity index (χ0n) is 14.0. The maximum atomic E-state index is 12.2. The summed E-state index contributed by atoms with van der Waals surface area (Å²) in [6, 6.07) is 18.7. The molecule has 0 saturated heterocycles. The summed E-state index contributed by atoms with van der Waals surface area (Å²) in [4.78, 5) is 15.4. The second kappa shape index (κ2) is 7.83. The molecule has 0 aliphatic heterocycles. The van der Waals surface area contributed by atoms with Gasteiger partial charge >= 0.3 is 0 Å². The second-order valence-electron chi connectivity index (χ2n) is 5.77. The highest BCUT2D eigenvalue weighted by Crippen LogP contribution is 2.17. The van der Waals surface area contributed by atoms with E-state index >= 15 is 0 Å². The van der Waals surface area contributed by atoms with Gasteiger partial charge < -0.3 is 10.3 Å². The van der Waals surface area contributed by atoms with Gasteiger partial charge in [0.2, 0.25) is 0 Å². The summed E-state index contributed by atoms with van der Waals surface area (Å²) in [5.41, 5.74) is 3.45. The van der Waals surface area contributed by atoms with Gasteiger partial charge in [-0.15, -0.1) is 0 Å². The highest BCUT2D eigenvalue weighted by Gasteiger charge is 2.09. The van der Waals surface area contributed by atoms with Crippen LogP contribution in [-0.4, -0.2) is 17.4 Å². The Kier molecular flexibility index (Phi) is 5.12. The van der Waals surface area contributed by atoms with Gasteiger partial charge in [-0.05, 0) is 41.8 Å². The number of fused-ring (bicyclic) bond motifs is 1. The van der Waals surface area contributed by atoms with Gasteiger partial charge in [0.1, 0.15) is 11.6 Å². The fourth-order valence-electron chi connectivity index (χ4n) is 2.71. The maximum absolute atomic E-state index is 12.2. The molecule has 0 saturated carbocycles. The van der Waals surface area contributed by atoms with Crippen molar-refractivity contribution < 1.29 is 4.79 Å². The Bertz CT molecular complexity index is 1050. The first-order chi connectivity index (χ1) is 12.7. The number of nitrogens with one attached hydrogen (secondary N) is 2. The number of carbonyl (C=O) groups is 1. The van der Waals surface area contributed by atoms with Crippen molar-refractivity contribution in [2.45, 2.75) is 6.42 Å². The van der Waals surface area contributed by atoms with Crippen LogP contribution in [0.2, 0.25) is 0 Å². The van der Waals surface area contributed by atoms with E-state index < -0.39 is 5.91 Å². The summed E-state index contributed by atoms with van der Waals surface area (Å²) >= 11 is 0. The zero-order chi connectivity index (χ0) is 18.4. The first kappa shape index (κ1) is 17.0. The van der Waals surface area contributed by atoms with Gasteiger partial charge in [-0.3, -0.25) is 4.79 Å². The van der Waals surface area contributed by atoms with E-state index in [-0.39, 0.29) is 5.57 Å². The molecule has 1 aromatic heterocycles. The number of nitriles is 2. The summed E-state index contributed by atoms with van der Waals surface area (Å²) in [6.07, 6.45) is 4.13. The molecule has 0 fully saturated rings. The van der Waals surface area contributed by atoms with Crippen LogP contribution in [0.25, 0.3) is 17.0 Å². The van der Waals surface area contributed by atoms with Crippen molar-refractivity contribution in [2.24, 2.45) is 0 Å². The quantitative estimate of drug-likeness (QED) is 0.551. The van der Waals surface area contributed by atoms with Crippen molar-refractivity contribution in [3.05, 3.63) is 77.0 Å². The normalized spacial score (nSPS) is 10.9. The monoisotopic (exact) mass is 340 g/mol. The van der Waals surface area contributed by atoms with E-state index in [4.69, 9.17) is 5.26 Å². The van der Waals surface area contributed by atoms with E-state index in [0.29, 0.717) is 24.1 Å². The number of aromatic nitrogens is 1. The van der Waals surface area contributed by atoms with Crippen LogP contribution < -0.4 is 5.32 Å². The lowest BCUT2D eigenvalue weighted by Gasteiger charge is -2.04. The smallest absolute Gasteiger partial charge is 0.261 e. The number of amides is 1. The molecule has 0 bridgehead atoms. The Morgan fingerprint density at radius 2 is 1.88 bits per heavy atom. The Balaban J connectivity index is 1.63. The third kappa shape index (κ3) is 3.80. The summed E-state index contributed by atoms with van der Waals surface area (Å²) in [5, 5.41) is 22.0. The summed E-state index contributed by atoms with van der Waals surface area (Å²) in [5.74, 6) is -0.406. The van der Waals surface area contributed by atoms with E-state index in [2.05, 4.69) is 10.3 Å². The average molecular weight is 340 g/mol. The van der Waals surface area contributed by atoms with Gasteiger partial charge in [-0.25, -0.2) is 0 Å². The number of para-hydroxylation sites is 1. The van der Waals surface area contributed by atoms with E-state index in [9.17, 15) is 10.1 Å². The van der Waals surface area contributed by atoms with Crippen LogP contribution in [0.4, 0.5) is 0 Å². The molecule has 5 nitrogen and oxygen atoms in total. The molecule has 1 heterocycles. The molecule has 0 spiro atoms. The van der Waals surface area contributed by atoms with Crippen LogP contribution in [0.1, 0.15) is 16.7 Å². The van der Waals surface area contributed by atoms with Crippen LogP contribution in [0.15, 0.2) is 60.3 Å². The molecule has 2 N–H and O–H groups in total. The van der Waals surface area contributed by atoms with Gasteiger partial charge in [0, 0.05) is 23.6 Å². The third-order valence-corrected chi connectivity index (χ3v) is 4.07. The molecule has 3 aromatic rings.